The molecular weight excluding hydrogens is 216 g/mol. The van der Waals surface area contributed by atoms with Gasteiger partial charge in [0.25, 0.3) is 0 Å². The van der Waals surface area contributed by atoms with Crippen LogP contribution in [0.1, 0.15) is 40.5 Å². The molecule has 0 aromatic heterocycles. The minimum Gasteiger partial charge on any atom is -0.429 e. The second-order valence-electron chi connectivity index (χ2n) is 3.34. The molecule has 16 heavy (non-hydrogen) atoms. The van der Waals surface area contributed by atoms with Crippen molar-refractivity contribution in [2.24, 2.45) is 0 Å². The number of hydrogen-bond donors (Lipinski definition) is 0. The molecule has 6 nitrogen and oxygen atoms in total. The fraction of sp³-hybridized carbons (Fsp3) is 0.800. The molecule has 0 aliphatic heterocycles. The lowest BCUT2D eigenvalue weighted by Crippen LogP contribution is -2.20. The highest BCUT2D eigenvalue weighted by atomic mass is 17.3. The van der Waals surface area contributed by atoms with Crippen LogP contribution < -0.4 is 0 Å². The van der Waals surface area contributed by atoms with E-state index in [1.54, 1.807) is 13.8 Å². The fourth-order valence-corrected chi connectivity index (χ4v) is 0.603. The van der Waals surface area contributed by atoms with E-state index in [4.69, 9.17) is 0 Å². The van der Waals surface area contributed by atoms with Gasteiger partial charge in [-0.2, -0.15) is 19.4 Å². The van der Waals surface area contributed by atoms with Crippen molar-refractivity contribution in [3.63, 3.8) is 0 Å². The third kappa shape index (κ3) is 6.92. The number of rotatable bonds is 4. The first-order valence-corrected chi connectivity index (χ1v) is 5.25. The van der Waals surface area contributed by atoms with Crippen molar-refractivity contribution in [3.8, 4) is 0 Å². The molecule has 0 heterocycles. The minimum absolute atomic E-state index is 0.290. The van der Waals surface area contributed by atoms with Crippen molar-refractivity contribution in [1.82, 2.24) is 0 Å². The van der Waals surface area contributed by atoms with Gasteiger partial charge in [0.05, 0.1) is 0 Å². The third-order valence-electron chi connectivity index (χ3n) is 1.92. The molecule has 0 bridgehead atoms. The van der Waals surface area contributed by atoms with E-state index in [-0.39, 0.29) is 12.2 Å². The summed E-state index contributed by atoms with van der Waals surface area (Å²) in [7, 11) is 0. The monoisotopic (exact) mass is 234 g/mol. The Labute approximate surface area is 94.7 Å². The van der Waals surface area contributed by atoms with Crippen molar-refractivity contribution >= 4 is 12.3 Å². The maximum absolute atomic E-state index is 10.9. The first-order valence-electron chi connectivity index (χ1n) is 5.25. The SMILES string of the molecule is CC[C@@H](C)OC(=O)OOC(=O)O[C@@H](C)CC. The highest BCUT2D eigenvalue weighted by Gasteiger charge is 2.15. The third-order valence-corrected chi connectivity index (χ3v) is 1.92. The zero-order valence-corrected chi connectivity index (χ0v) is 10.0. The van der Waals surface area contributed by atoms with Crippen LogP contribution in [0.25, 0.3) is 0 Å². The Morgan fingerprint density at radius 2 is 1.19 bits per heavy atom. The maximum Gasteiger partial charge on any atom is 0.550 e. The second-order valence-corrected chi connectivity index (χ2v) is 3.34. The highest BCUT2D eigenvalue weighted by molar-refractivity contribution is 5.63. The standard InChI is InChI=1S/C10H18O6/c1-5-7(3)13-9(11)15-16-10(12)14-8(4)6-2/h7-8H,5-6H2,1-4H3/t7-,8+. The molecule has 0 saturated carbocycles. The van der Waals surface area contributed by atoms with Crippen LogP contribution in [-0.2, 0) is 19.2 Å². The topological polar surface area (TPSA) is 71.1 Å². The molecule has 0 fully saturated rings. The summed E-state index contributed by atoms with van der Waals surface area (Å²) in [4.78, 5) is 30.0. The van der Waals surface area contributed by atoms with E-state index < -0.39 is 12.3 Å². The molecule has 0 aliphatic carbocycles. The van der Waals surface area contributed by atoms with E-state index in [2.05, 4.69) is 19.2 Å². The van der Waals surface area contributed by atoms with Gasteiger partial charge in [0, 0.05) is 0 Å². The van der Waals surface area contributed by atoms with Gasteiger partial charge >= 0.3 is 12.3 Å². The summed E-state index contributed by atoms with van der Waals surface area (Å²) < 4.78 is 9.37. The van der Waals surface area contributed by atoms with Gasteiger partial charge in [-0.3, -0.25) is 0 Å². The zero-order chi connectivity index (χ0) is 12.6. The molecule has 0 rings (SSSR count). The van der Waals surface area contributed by atoms with Crippen molar-refractivity contribution < 1.29 is 28.8 Å². The van der Waals surface area contributed by atoms with Crippen LogP contribution in [-0.4, -0.2) is 24.5 Å². The molecule has 0 aromatic rings. The molecule has 0 radical (unpaired) electrons. The van der Waals surface area contributed by atoms with Gasteiger partial charge < -0.3 is 9.47 Å². The molecule has 0 aliphatic rings. The second kappa shape index (κ2) is 7.78. The van der Waals surface area contributed by atoms with Crippen LogP contribution in [0.3, 0.4) is 0 Å². The predicted molar refractivity (Wildman–Crippen MR) is 54.6 cm³/mol. The Hall–Kier alpha value is -1.46. The van der Waals surface area contributed by atoms with Crippen molar-refractivity contribution in [3.05, 3.63) is 0 Å². The first kappa shape index (κ1) is 14.5. The number of hydrogen-bond acceptors (Lipinski definition) is 6. The van der Waals surface area contributed by atoms with Crippen molar-refractivity contribution in [2.45, 2.75) is 52.7 Å². The molecule has 0 amide bonds. The van der Waals surface area contributed by atoms with E-state index in [9.17, 15) is 9.59 Å². The summed E-state index contributed by atoms with van der Waals surface area (Å²) >= 11 is 0. The van der Waals surface area contributed by atoms with Crippen LogP contribution in [0.2, 0.25) is 0 Å². The van der Waals surface area contributed by atoms with E-state index >= 15 is 0 Å². The van der Waals surface area contributed by atoms with Gasteiger partial charge in [-0.15, -0.1) is 0 Å². The Balaban J connectivity index is 3.71. The van der Waals surface area contributed by atoms with Gasteiger partial charge in [-0.05, 0) is 26.7 Å². The van der Waals surface area contributed by atoms with Crippen molar-refractivity contribution in [1.29, 1.82) is 0 Å². The number of carbonyl (C=O) groups is 2. The predicted octanol–water partition coefficient (Wildman–Crippen LogP) is 2.80. The molecule has 2 atom stereocenters. The zero-order valence-electron chi connectivity index (χ0n) is 10.0. The highest BCUT2D eigenvalue weighted by Crippen LogP contribution is 2.02. The summed E-state index contributed by atoms with van der Waals surface area (Å²) in [6.45, 7) is 7.07. The molecule has 0 N–H and O–H groups in total. The molecule has 0 unspecified atom stereocenters. The van der Waals surface area contributed by atoms with Gasteiger partial charge in [-0.25, -0.2) is 0 Å². The lowest BCUT2D eigenvalue weighted by molar-refractivity contribution is -0.223. The largest absolute Gasteiger partial charge is 0.550 e. The molecule has 94 valence electrons. The van der Waals surface area contributed by atoms with Crippen LogP contribution in [0.5, 0.6) is 0 Å². The molecule has 6 heteroatoms. The summed E-state index contributed by atoms with van der Waals surface area (Å²) in [6, 6.07) is 0. The minimum atomic E-state index is -1.06. The van der Waals surface area contributed by atoms with Crippen LogP contribution in [0.15, 0.2) is 0 Å². The molecule has 0 saturated heterocycles. The van der Waals surface area contributed by atoms with Gasteiger partial charge in [-0.1, -0.05) is 13.8 Å². The van der Waals surface area contributed by atoms with Crippen molar-refractivity contribution in [2.75, 3.05) is 0 Å². The Morgan fingerprint density at radius 1 is 0.875 bits per heavy atom. The summed E-state index contributed by atoms with van der Waals surface area (Å²) in [5.74, 6) is 0. The summed E-state index contributed by atoms with van der Waals surface area (Å²) in [5, 5.41) is 0. The quantitative estimate of drug-likeness (QED) is 0.423. The van der Waals surface area contributed by atoms with Crippen LogP contribution in [0.4, 0.5) is 9.59 Å². The van der Waals surface area contributed by atoms with E-state index in [1.807, 2.05) is 13.8 Å². The van der Waals surface area contributed by atoms with Gasteiger partial charge in [0.1, 0.15) is 12.2 Å². The van der Waals surface area contributed by atoms with Crippen LogP contribution in [0, 0.1) is 0 Å². The van der Waals surface area contributed by atoms with Gasteiger partial charge in [0.15, 0.2) is 0 Å². The molecule has 0 aromatic carbocycles. The average Bonchev–Trinajstić information content (AvgIpc) is 2.26. The number of carbonyl (C=O) groups excluding carboxylic acids is 2. The first-order chi connectivity index (χ1) is 7.49. The Bertz CT molecular complexity index is 203. The molecule has 0 spiro atoms. The fourth-order valence-electron chi connectivity index (χ4n) is 0.603. The van der Waals surface area contributed by atoms with Crippen LogP contribution >= 0.6 is 0 Å². The lowest BCUT2D eigenvalue weighted by Gasteiger charge is -2.11. The smallest absolute Gasteiger partial charge is 0.429 e. The van der Waals surface area contributed by atoms with E-state index in [0.717, 1.165) is 0 Å². The molecular formula is C10H18O6. The lowest BCUT2D eigenvalue weighted by atomic mass is 10.3. The summed E-state index contributed by atoms with van der Waals surface area (Å²) in [5.41, 5.74) is 0. The normalized spacial score (nSPS) is 13.5. The van der Waals surface area contributed by atoms with Gasteiger partial charge in [0.2, 0.25) is 0 Å². The van der Waals surface area contributed by atoms with E-state index in [1.165, 1.54) is 0 Å². The summed E-state index contributed by atoms with van der Waals surface area (Å²) in [6.07, 6.45) is -1.41. The maximum atomic E-state index is 10.9. The average molecular weight is 234 g/mol. The Kier molecular flexibility index (Phi) is 7.07. The number of ether oxygens (including phenoxy) is 2. The Morgan fingerprint density at radius 3 is 1.44 bits per heavy atom. The van der Waals surface area contributed by atoms with E-state index in [0.29, 0.717) is 12.8 Å².